The molecule has 2 amide bonds. The summed E-state index contributed by atoms with van der Waals surface area (Å²) in [6, 6.07) is 9.02. The van der Waals surface area contributed by atoms with E-state index in [1.807, 2.05) is 35.2 Å². The minimum atomic E-state index is -0.296. The molecule has 1 unspecified atom stereocenters. The van der Waals surface area contributed by atoms with E-state index in [1.165, 1.54) is 0 Å². The first-order valence-corrected chi connectivity index (χ1v) is 6.72. The van der Waals surface area contributed by atoms with Crippen LogP contribution >= 0.6 is 0 Å². The van der Waals surface area contributed by atoms with Gasteiger partial charge in [0, 0.05) is 32.4 Å². The number of nitrogens with zero attached hydrogens (tertiary/aromatic N) is 1. The van der Waals surface area contributed by atoms with E-state index in [2.05, 4.69) is 16.0 Å². The van der Waals surface area contributed by atoms with E-state index in [9.17, 15) is 9.59 Å². The molecule has 6 nitrogen and oxygen atoms in total. The van der Waals surface area contributed by atoms with Gasteiger partial charge in [0.25, 0.3) is 0 Å². The average molecular weight is 276 g/mol. The highest BCUT2D eigenvalue weighted by atomic mass is 16.2. The van der Waals surface area contributed by atoms with Crippen LogP contribution in [0.2, 0.25) is 0 Å². The lowest BCUT2D eigenvalue weighted by Crippen LogP contribution is -2.58. The molecule has 6 heteroatoms. The zero-order chi connectivity index (χ0) is 14.4. The van der Waals surface area contributed by atoms with E-state index in [4.69, 9.17) is 0 Å². The molecule has 1 atom stereocenters. The summed E-state index contributed by atoms with van der Waals surface area (Å²) in [6.07, 6.45) is 0. The van der Waals surface area contributed by atoms with Crippen LogP contribution in [0, 0.1) is 0 Å². The standard InChI is InChI=1S/C14H20N4O2/c1-15-14(20)12-9-16-7-8-18(12)10-13(19)17-11-5-3-2-4-6-11/h2-6,12,16H,7-10H2,1H3,(H,15,20)(H,17,19). The Hall–Kier alpha value is -1.92. The molecule has 0 bridgehead atoms. The van der Waals surface area contributed by atoms with Gasteiger partial charge in [0.15, 0.2) is 0 Å². The molecular formula is C14H20N4O2. The molecule has 1 aliphatic heterocycles. The van der Waals surface area contributed by atoms with E-state index in [-0.39, 0.29) is 24.4 Å². The largest absolute Gasteiger partial charge is 0.358 e. The Bertz CT molecular complexity index is 464. The second-order valence-corrected chi connectivity index (χ2v) is 4.72. The Labute approximate surface area is 118 Å². The first-order valence-electron chi connectivity index (χ1n) is 6.72. The zero-order valence-corrected chi connectivity index (χ0v) is 11.6. The summed E-state index contributed by atoms with van der Waals surface area (Å²) in [5, 5.41) is 8.64. The molecule has 2 rings (SSSR count). The van der Waals surface area contributed by atoms with Crippen LogP contribution in [-0.4, -0.2) is 56.0 Å². The Morgan fingerprint density at radius 1 is 1.35 bits per heavy atom. The highest BCUT2D eigenvalue weighted by molar-refractivity contribution is 5.92. The molecule has 1 saturated heterocycles. The van der Waals surface area contributed by atoms with Crippen molar-refractivity contribution in [3.8, 4) is 0 Å². The molecule has 1 fully saturated rings. The quantitative estimate of drug-likeness (QED) is 0.702. The first-order chi connectivity index (χ1) is 9.70. The van der Waals surface area contributed by atoms with Crippen molar-refractivity contribution in [2.24, 2.45) is 0 Å². The minimum absolute atomic E-state index is 0.0651. The van der Waals surface area contributed by atoms with Crippen molar-refractivity contribution in [3.63, 3.8) is 0 Å². The molecule has 108 valence electrons. The second-order valence-electron chi connectivity index (χ2n) is 4.72. The number of amides is 2. The average Bonchev–Trinajstić information content (AvgIpc) is 2.48. The number of likely N-dealkylation sites (N-methyl/N-ethyl adjacent to an activating group) is 1. The van der Waals surface area contributed by atoms with Crippen molar-refractivity contribution in [1.82, 2.24) is 15.5 Å². The van der Waals surface area contributed by atoms with Crippen molar-refractivity contribution < 1.29 is 9.59 Å². The number of anilines is 1. The van der Waals surface area contributed by atoms with E-state index in [0.717, 1.165) is 12.2 Å². The summed E-state index contributed by atoms with van der Waals surface area (Å²) < 4.78 is 0. The smallest absolute Gasteiger partial charge is 0.238 e. The topological polar surface area (TPSA) is 73.5 Å². The Morgan fingerprint density at radius 3 is 2.80 bits per heavy atom. The maximum absolute atomic E-state index is 12.0. The molecular weight excluding hydrogens is 256 g/mol. The molecule has 20 heavy (non-hydrogen) atoms. The first kappa shape index (κ1) is 14.5. The molecule has 1 aliphatic rings. The van der Waals surface area contributed by atoms with E-state index in [0.29, 0.717) is 13.1 Å². The normalized spacial score (nSPS) is 19.4. The highest BCUT2D eigenvalue weighted by Gasteiger charge is 2.29. The van der Waals surface area contributed by atoms with Crippen LogP contribution in [0.4, 0.5) is 5.69 Å². The van der Waals surface area contributed by atoms with E-state index >= 15 is 0 Å². The predicted molar refractivity (Wildman–Crippen MR) is 77.4 cm³/mol. The van der Waals surface area contributed by atoms with E-state index < -0.39 is 0 Å². The Balaban J connectivity index is 1.93. The van der Waals surface area contributed by atoms with Gasteiger partial charge in [0.05, 0.1) is 6.54 Å². The molecule has 1 aromatic rings. The maximum atomic E-state index is 12.0. The van der Waals surface area contributed by atoms with Crippen LogP contribution in [0.1, 0.15) is 0 Å². The number of carbonyl (C=O) groups excluding carboxylic acids is 2. The molecule has 0 saturated carbocycles. The molecule has 3 N–H and O–H groups in total. The number of piperazine rings is 1. The van der Waals surface area contributed by atoms with Crippen LogP contribution in [0.5, 0.6) is 0 Å². The van der Waals surface area contributed by atoms with Gasteiger partial charge in [-0.2, -0.15) is 0 Å². The third kappa shape index (κ3) is 3.79. The SMILES string of the molecule is CNC(=O)C1CNCCN1CC(=O)Nc1ccccc1. The number of hydrogen-bond donors (Lipinski definition) is 3. The number of benzene rings is 1. The lowest BCUT2D eigenvalue weighted by atomic mass is 10.1. The minimum Gasteiger partial charge on any atom is -0.358 e. The molecule has 0 radical (unpaired) electrons. The van der Waals surface area contributed by atoms with Crippen LogP contribution in [0.25, 0.3) is 0 Å². The third-order valence-corrected chi connectivity index (χ3v) is 3.31. The van der Waals surface area contributed by atoms with Gasteiger partial charge < -0.3 is 16.0 Å². The van der Waals surface area contributed by atoms with Crippen molar-refractivity contribution in [1.29, 1.82) is 0 Å². The third-order valence-electron chi connectivity index (χ3n) is 3.31. The van der Waals surface area contributed by atoms with Crippen LogP contribution in [-0.2, 0) is 9.59 Å². The van der Waals surface area contributed by atoms with Crippen LogP contribution in [0.3, 0.4) is 0 Å². The lowest BCUT2D eigenvalue weighted by molar-refractivity contribution is -0.128. The molecule has 0 spiro atoms. The van der Waals surface area contributed by atoms with Crippen molar-refractivity contribution in [2.75, 3.05) is 38.5 Å². The van der Waals surface area contributed by atoms with Gasteiger partial charge in [-0.1, -0.05) is 18.2 Å². The number of hydrogen-bond acceptors (Lipinski definition) is 4. The number of para-hydroxylation sites is 1. The van der Waals surface area contributed by atoms with Crippen molar-refractivity contribution in [2.45, 2.75) is 6.04 Å². The fraction of sp³-hybridized carbons (Fsp3) is 0.429. The molecule has 1 heterocycles. The summed E-state index contributed by atoms with van der Waals surface area (Å²) in [6.45, 7) is 2.25. The van der Waals surface area contributed by atoms with Crippen LogP contribution in [0.15, 0.2) is 30.3 Å². The number of nitrogens with one attached hydrogen (secondary N) is 3. The fourth-order valence-corrected chi connectivity index (χ4v) is 2.27. The summed E-state index contributed by atoms with van der Waals surface area (Å²) >= 11 is 0. The summed E-state index contributed by atoms with van der Waals surface area (Å²) in [7, 11) is 1.61. The summed E-state index contributed by atoms with van der Waals surface area (Å²) in [5.74, 6) is -0.170. The Kier molecular flexibility index (Phi) is 5.09. The number of carbonyl (C=O) groups is 2. The van der Waals surface area contributed by atoms with Gasteiger partial charge in [0.1, 0.15) is 6.04 Å². The highest BCUT2D eigenvalue weighted by Crippen LogP contribution is 2.07. The predicted octanol–water partition coefficient (Wildman–Crippen LogP) is -0.355. The van der Waals surface area contributed by atoms with E-state index in [1.54, 1.807) is 7.05 Å². The van der Waals surface area contributed by atoms with Crippen LogP contribution < -0.4 is 16.0 Å². The molecule has 0 aliphatic carbocycles. The fourth-order valence-electron chi connectivity index (χ4n) is 2.27. The number of rotatable bonds is 4. The second kappa shape index (κ2) is 7.02. The van der Waals surface area contributed by atoms with Gasteiger partial charge >= 0.3 is 0 Å². The maximum Gasteiger partial charge on any atom is 0.238 e. The van der Waals surface area contributed by atoms with Gasteiger partial charge in [-0.25, -0.2) is 0 Å². The summed E-state index contributed by atoms with van der Waals surface area (Å²) in [4.78, 5) is 25.7. The van der Waals surface area contributed by atoms with Gasteiger partial charge in [0.2, 0.25) is 11.8 Å². The van der Waals surface area contributed by atoms with Gasteiger partial charge in [-0.15, -0.1) is 0 Å². The summed E-state index contributed by atoms with van der Waals surface area (Å²) in [5.41, 5.74) is 0.768. The van der Waals surface area contributed by atoms with Gasteiger partial charge in [-0.3, -0.25) is 14.5 Å². The zero-order valence-electron chi connectivity index (χ0n) is 11.6. The molecule has 1 aromatic carbocycles. The Morgan fingerprint density at radius 2 is 2.10 bits per heavy atom. The van der Waals surface area contributed by atoms with Crippen molar-refractivity contribution >= 4 is 17.5 Å². The monoisotopic (exact) mass is 276 g/mol. The molecule has 0 aromatic heterocycles. The lowest BCUT2D eigenvalue weighted by Gasteiger charge is -2.34. The van der Waals surface area contributed by atoms with Crippen molar-refractivity contribution in [3.05, 3.63) is 30.3 Å². The van der Waals surface area contributed by atoms with Gasteiger partial charge in [-0.05, 0) is 12.1 Å².